The number of methoxy groups -OCH3 is 2. The lowest BCUT2D eigenvalue weighted by atomic mass is 10.5. The number of hydrogen-bond acceptors (Lipinski definition) is 5. The van der Waals surface area contributed by atoms with Crippen molar-refractivity contribution in [2.45, 2.75) is 25.4 Å². The molecule has 0 heterocycles. The van der Waals surface area contributed by atoms with Crippen molar-refractivity contribution in [1.29, 1.82) is 0 Å². The first-order valence-electron chi connectivity index (χ1n) is 6.11. The van der Waals surface area contributed by atoms with E-state index in [1.54, 1.807) is 14.2 Å². The molecule has 0 aliphatic carbocycles. The number of aliphatic hydroxyl groups is 1. The van der Waals surface area contributed by atoms with E-state index in [1.807, 2.05) is 0 Å². The third kappa shape index (κ3) is 7.85. The predicted octanol–water partition coefficient (Wildman–Crippen LogP) is 1.16. The molecule has 0 atom stereocenters. The normalized spacial score (nSPS) is 12.0. The lowest BCUT2D eigenvalue weighted by molar-refractivity contribution is 0.0851. The number of hydrogen-bond donors (Lipinski definition) is 1. The second-order valence-electron chi connectivity index (χ2n) is 3.77. The fourth-order valence-corrected chi connectivity index (χ4v) is 4.28. The summed E-state index contributed by atoms with van der Waals surface area (Å²) >= 11 is 0. The van der Waals surface area contributed by atoms with Gasteiger partial charge in [0.1, 0.15) is 0 Å². The summed E-state index contributed by atoms with van der Waals surface area (Å²) in [5.41, 5.74) is 0. The minimum absolute atomic E-state index is 0.177. The zero-order valence-corrected chi connectivity index (χ0v) is 12.2. The molecular formula is C11H26O5Si. The Morgan fingerprint density at radius 3 is 1.82 bits per heavy atom. The van der Waals surface area contributed by atoms with E-state index in [9.17, 15) is 0 Å². The Bertz CT molecular complexity index is 158. The van der Waals surface area contributed by atoms with Crippen molar-refractivity contribution in [3.8, 4) is 0 Å². The van der Waals surface area contributed by atoms with E-state index in [0.29, 0.717) is 26.4 Å². The molecule has 0 aliphatic heterocycles. The Balaban J connectivity index is 4.17. The Labute approximate surface area is 105 Å². The highest BCUT2D eigenvalue weighted by molar-refractivity contribution is 6.67. The summed E-state index contributed by atoms with van der Waals surface area (Å²) < 4.78 is 21.7. The van der Waals surface area contributed by atoms with Crippen LogP contribution in [0.1, 0.15) is 13.3 Å². The van der Waals surface area contributed by atoms with Crippen molar-refractivity contribution in [1.82, 2.24) is 0 Å². The molecule has 0 bridgehead atoms. The highest BCUT2D eigenvalue weighted by Crippen LogP contribution is 2.20. The van der Waals surface area contributed by atoms with E-state index in [0.717, 1.165) is 18.5 Å². The van der Waals surface area contributed by atoms with Gasteiger partial charge in [0.15, 0.2) is 0 Å². The molecule has 0 unspecified atom stereocenters. The third-order valence-electron chi connectivity index (χ3n) is 2.56. The molecule has 0 aromatic carbocycles. The molecule has 0 saturated carbocycles. The topological polar surface area (TPSA) is 57.2 Å². The molecule has 5 nitrogen and oxygen atoms in total. The van der Waals surface area contributed by atoms with E-state index in [1.165, 1.54) is 0 Å². The largest absolute Gasteiger partial charge is 0.396 e. The molecule has 0 radical (unpaired) electrons. The molecule has 17 heavy (non-hydrogen) atoms. The fraction of sp³-hybridized carbons (Fsp3) is 1.00. The highest BCUT2D eigenvalue weighted by Gasteiger charge is 2.34. The molecule has 0 spiro atoms. The van der Waals surface area contributed by atoms with Gasteiger partial charge in [-0.1, -0.05) is 6.92 Å². The average molecular weight is 266 g/mol. The maximum atomic E-state index is 8.93. The van der Waals surface area contributed by atoms with Crippen molar-refractivity contribution in [2.24, 2.45) is 0 Å². The van der Waals surface area contributed by atoms with Crippen LogP contribution in [-0.2, 0) is 18.3 Å². The summed E-state index contributed by atoms with van der Waals surface area (Å²) in [6.07, 6.45) is 0.722. The summed E-state index contributed by atoms with van der Waals surface area (Å²) in [6.45, 7) is 4.49. The van der Waals surface area contributed by atoms with Gasteiger partial charge in [0.2, 0.25) is 0 Å². The van der Waals surface area contributed by atoms with Crippen LogP contribution in [0.2, 0.25) is 12.1 Å². The van der Waals surface area contributed by atoms with Gasteiger partial charge in [-0.05, 0) is 18.5 Å². The molecule has 0 aromatic rings. The van der Waals surface area contributed by atoms with Crippen LogP contribution in [0.5, 0.6) is 0 Å². The van der Waals surface area contributed by atoms with Gasteiger partial charge in [0, 0.05) is 20.8 Å². The van der Waals surface area contributed by atoms with Crippen LogP contribution in [0.3, 0.4) is 0 Å². The van der Waals surface area contributed by atoms with Crippen LogP contribution in [0.25, 0.3) is 0 Å². The van der Waals surface area contributed by atoms with Gasteiger partial charge >= 0.3 is 8.56 Å². The standard InChI is InChI=1S/C11H26O5Si/c1-4-17(11-5-6-12,15-9-7-13-2)16-10-8-14-3/h12H,4-11H2,1-3H3. The monoisotopic (exact) mass is 266 g/mol. The highest BCUT2D eigenvalue weighted by atomic mass is 28.4. The van der Waals surface area contributed by atoms with Gasteiger partial charge < -0.3 is 23.4 Å². The average Bonchev–Trinajstić information content (AvgIpc) is 2.36. The van der Waals surface area contributed by atoms with Crippen LogP contribution in [0.15, 0.2) is 0 Å². The third-order valence-corrected chi connectivity index (χ3v) is 6.21. The van der Waals surface area contributed by atoms with Crippen molar-refractivity contribution in [2.75, 3.05) is 47.3 Å². The van der Waals surface area contributed by atoms with Gasteiger partial charge in [-0.2, -0.15) is 0 Å². The fourth-order valence-electron chi connectivity index (χ4n) is 1.54. The Morgan fingerprint density at radius 1 is 0.941 bits per heavy atom. The van der Waals surface area contributed by atoms with Gasteiger partial charge in [0.05, 0.1) is 26.4 Å². The molecule has 0 saturated heterocycles. The summed E-state index contributed by atoms with van der Waals surface area (Å²) in [6, 6.07) is 1.69. The summed E-state index contributed by atoms with van der Waals surface area (Å²) in [5.74, 6) is 0. The molecule has 104 valence electrons. The van der Waals surface area contributed by atoms with Crippen molar-refractivity contribution in [3.63, 3.8) is 0 Å². The quantitative estimate of drug-likeness (QED) is 0.424. The molecule has 0 amide bonds. The number of rotatable bonds is 12. The van der Waals surface area contributed by atoms with Crippen LogP contribution < -0.4 is 0 Å². The molecule has 0 fully saturated rings. The summed E-state index contributed by atoms with van der Waals surface area (Å²) in [4.78, 5) is 0. The van der Waals surface area contributed by atoms with Gasteiger partial charge in [-0.15, -0.1) is 0 Å². The second-order valence-corrected chi connectivity index (χ2v) is 7.38. The molecule has 1 N–H and O–H groups in total. The number of ether oxygens (including phenoxy) is 2. The van der Waals surface area contributed by atoms with E-state index >= 15 is 0 Å². The molecule has 0 rings (SSSR count). The zero-order chi connectivity index (χ0) is 13.0. The van der Waals surface area contributed by atoms with E-state index < -0.39 is 8.56 Å². The van der Waals surface area contributed by atoms with Crippen LogP contribution in [-0.4, -0.2) is 60.9 Å². The minimum Gasteiger partial charge on any atom is -0.396 e. The first-order valence-corrected chi connectivity index (χ1v) is 8.34. The van der Waals surface area contributed by atoms with Crippen LogP contribution >= 0.6 is 0 Å². The van der Waals surface area contributed by atoms with Crippen molar-refractivity contribution >= 4 is 8.56 Å². The van der Waals surface area contributed by atoms with Gasteiger partial charge in [-0.3, -0.25) is 0 Å². The number of aliphatic hydroxyl groups excluding tert-OH is 1. The Kier molecular flexibility index (Phi) is 11.1. The van der Waals surface area contributed by atoms with Crippen molar-refractivity contribution < 1.29 is 23.4 Å². The summed E-state index contributed by atoms with van der Waals surface area (Å²) in [5, 5.41) is 8.93. The molecule has 0 aromatic heterocycles. The predicted molar refractivity (Wildman–Crippen MR) is 68.4 cm³/mol. The molecular weight excluding hydrogens is 240 g/mol. The maximum Gasteiger partial charge on any atom is 0.338 e. The minimum atomic E-state index is -2.18. The van der Waals surface area contributed by atoms with E-state index in [4.69, 9.17) is 23.4 Å². The lowest BCUT2D eigenvalue weighted by Crippen LogP contribution is -2.43. The Hall–Kier alpha value is 0.0169. The van der Waals surface area contributed by atoms with Crippen molar-refractivity contribution in [3.05, 3.63) is 0 Å². The zero-order valence-electron chi connectivity index (χ0n) is 11.2. The van der Waals surface area contributed by atoms with E-state index in [-0.39, 0.29) is 6.61 Å². The van der Waals surface area contributed by atoms with Gasteiger partial charge in [-0.25, -0.2) is 0 Å². The van der Waals surface area contributed by atoms with Crippen LogP contribution in [0.4, 0.5) is 0 Å². The lowest BCUT2D eigenvalue weighted by Gasteiger charge is -2.29. The van der Waals surface area contributed by atoms with Crippen LogP contribution in [0, 0.1) is 0 Å². The smallest absolute Gasteiger partial charge is 0.338 e. The SMILES string of the molecule is CC[Si](CCCO)(OCCOC)OCCOC. The Morgan fingerprint density at radius 2 is 1.47 bits per heavy atom. The molecule has 0 aliphatic rings. The maximum absolute atomic E-state index is 8.93. The molecule has 6 heteroatoms. The first-order chi connectivity index (χ1) is 8.24. The first kappa shape index (κ1) is 17.0. The van der Waals surface area contributed by atoms with E-state index in [2.05, 4.69) is 6.92 Å². The summed E-state index contributed by atoms with van der Waals surface area (Å²) in [7, 11) is 1.12. The van der Waals surface area contributed by atoms with Gasteiger partial charge in [0.25, 0.3) is 0 Å². The second kappa shape index (κ2) is 11.1.